The van der Waals surface area contributed by atoms with Gasteiger partial charge in [0.15, 0.2) is 0 Å². The molecule has 6 atom stereocenters. The lowest BCUT2D eigenvalue weighted by atomic mass is 9.64. The maximum Gasteiger partial charge on any atom is 0.125 e. The quantitative estimate of drug-likeness (QED) is 0.750. The van der Waals surface area contributed by atoms with Crippen molar-refractivity contribution in [3.05, 3.63) is 35.5 Å². The molecule has 1 aromatic carbocycles. The van der Waals surface area contributed by atoms with Gasteiger partial charge in [-0.15, -0.1) is 0 Å². The highest BCUT2D eigenvalue weighted by molar-refractivity contribution is 5.86. The van der Waals surface area contributed by atoms with Crippen LogP contribution in [0.1, 0.15) is 30.6 Å². The Morgan fingerprint density at radius 3 is 2.80 bits per heavy atom. The van der Waals surface area contributed by atoms with Gasteiger partial charge in [0.2, 0.25) is 0 Å². The molecule has 2 unspecified atom stereocenters. The van der Waals surface area contributed by atoms with E-state index in [1.54, 1.807) is 0 Å². The molecule has 3 aliphatic rings. The van der Waals surface area contributed by atoms with Crippen LogP contribution in [0.15, 0.2) is 24.3 Å². The van der Waals surface area contributed by atoms with Crippen LogP contribution < -0.4 is 0 Å². The maximum atomic E-state index is 11.8. The zero-order chi connectivity index (χ0) is 17.3. The highest BCUT2D eigenvalue weighted by Crippen LogP contribution is 2.51. The molecule has 0 radical (unpaired) electrons. The first kappa shape index (κ1) is 15.6. The van der Waals surface area contributed by atoms with Crippen LogP contribution in [-0.4, -0.2) is 41.6 Å². The Morgan fingerprint density at radius 1 is 1.20 bits per heavy atom. The zero-order valence-electron chi connectivity index (χ0n) is 15.2. The molecule has 0 N–H and O–H groups in total. The molecular formula is C21H26N2O2. The number of piperidine rings is 1. The molecule has 1 aromatic heterocycles. The molecule has 4 nitrogen and oxygen atoms in total. The van der Waals surface area contributed by atoms with Crippen molar-refractivity contribution < 1.29 is 9.53 Å². The second-order valence-corrected chi connectivity index (χ2v) is 8.21. The van der Waals surface area contributed by atoms with Crippen LogP contribution >= 0.6 is 0 Å². The van der Waals surface area contributed by atoms with E-state index in [9.17, 15) is 4.79 Å². The van der Waals surface area contributed by atoms with Gasteiger partial charge in [0.1, 0.15) is 6.29 Å². The molecule has 0 spiro atoms. The summed E-state index contributed by atoms with van der Waals surface area (Å²) in [6.45, 7) is 2.85. The van der Waals surface area contributed by atoms with Gasteiger partial charge in [-0.25, -0.2) is 0 Å². The van der Waals surface area contributed by atoms with E-state index in [-0.39, 0.29) is 12.0 Å². The number of carbonyl (C=O) groups excluding carboxylic acids is 1. The smallest absolute Gasteiger partial charge is 0.125 e. The number of likely N-dealkylation sites (N-methyl/N-ethyl adjacent to an activating group) is 1. The molecular weight excluding hydrogens is 312 g/mol. The molecule has 2 aromatic rings. The second-order valence-electron chi connectivity index (χ2n) is 8.21. The van der Waals surface area contributed by atoms with Crippen LogP contribution in [-0.2, 0) is 23.0 Å². The van der Waals surface area contributed by atoms with E-state index >= 15 is 0 Å². The Kier molecular flexibility index (Phi) is 3.38. The van der Waals surface area contributed by atoms with E-state index in [0.717, 1.165) is 25.7 Å². The number of hydrogen-bond donors (Lipinski definition) is 0. The summed E-state index contributed by atoms with van der Waals surface area (Å²) in [5, 5.41) is 1.40. The lowest BCUT2D eigenvalue weighted by Crippen LogP contribution is -2.59. The highest BCUT2D eigenvalue weighted by Gasteiger charge is 2.52. The number of aryl methyl sites for hydroxylation is 1. The predicted octanol–water partition coefficient (Wildman–Crippen LogP) is 2.95. The van der Waals surface area contributed by atoms with Gasteiger partial charge >= 0.3 is 0 Å². The monoisotopic (exact) mass is 338 g/mol. The molecule has 0 amide bonds. The number of para-hydroxylation sites is 1. The van der Waals surface area contributed by atoms with Gasteiger partial charge in [-0.1, -0.05) is 18.2 Å². The van der Waals surface area contributed by atoms with E-state index in [4.69, 9.17) is 4.74 Å². The molecule has 25 heavy (non-hydrogen) atoms. The summed E-state index contributed by atoms with van der Waals surface area (Å²) in [6.07, 6.45) is 3.33. The number of aldehydes is 1. The van der Waals surface area contributed by atoms with Crippen molar-refractivity contribution in [3.63, 3.8) is 0 Å². The fraction of sp³-hybridized carbons (Fsp3) is 0.571. The first-order chi connectivity index (χ1) is 12.1. The van der Waals surface area contributed by atoms with Gasteiger partial charge in [-0.3, -0.25) is 4.90 Å². The Balaban J connectivity index is 1.66. The molecule has 4 heterocycles. The van der Waals surface area contributed by atoms with E-state index in [0.29, 0.717) is 23.9 Å². The minimum absolute atomic E-state index is 0.0358. The predicted molar refractivity (Wildman–Crippen MR) is 97.5 cm³/mol. The van der Waals surface area contributed by atoms with Crippen molar-refractivity contribution in [2.45, 2.75) is 38.0 Å². The van der Waals surface area contributed by atoms with Crippen LogP contribution in [0.5, 0.6) is 0 Å². The van der Waals surface area contributed by atoms with Gasteiger partial charge in [-0.05, 0) is 44.4 Å². The third-order valence-electron chi connectivity index (χ3n) is 7.29. The third-order valence-corrected chi connectivity index (χ3v) is 7.29. The van der Waals surface area contributed by atoms with Crippen LogP contribution in [0.4, 0.5) is 0 Å². The molecule has 5 rings (SSSR count). The standard InChI is InChI=1S/C21H26N2O2/c1-12-16(10-24)14-8-20-21-15(9-19(22(20)2)17(14)11-25-12)13-6-4-5-7-18(13)23(21)3/h4-7,10,12,14,16-17,19-20H,8-9,11H2,1-3H3/t12?,14-,16?,17+,19-,20-/m0/s1. The second kappa shape index (κ2) is 5.42. The molecule has 132 valence electrons. The van der Waals surface area contributed by atoms with Crippen molar-refractivity contribution in [3.8, 4) is 0 Å². The first-order valence-corrected chi connectivity index (χ1v) is 9.46. The minimum atomic E-state index is 0.0358. The number of benzene rings is 1. The van der Waals surface area contributed by atoms with Crippen molar-refractivity contribution in [2.75, 3.05) is 13.7 Å². The topological polar surface area (TPSA) is 34.5 Å². The fourth-order valence-electron chi connectivity index (χ4n) is 5.97. The van der Waals surface area contributed by atoms with E-state index in [2.05, 4.69) is 54.8 Å². The summed E-state index contributed by atoms with van der Waals surface area (Å²) >= 11 is 0. The normalized spacial score (nSPS) is 37.6. The van der Waals surface area contributed by atoms with Gasteiger partial charge in [-0.2, -0.15) is 0 Å². The molecule has 2 bridgehead atoms. The highest BCUT2D eigenvalue weighted by atomic mass is 16.5. The lowest BCUT2D eigenvalue weighted by Gasteiger charge is -2.55. The number of nitrogens with zero attached hydrogens (tertiary/aromatic N) is 2. The van der Waals surface area contributed by atoms with Crippen LogP contribution in [0.2, 0.25) is 0 Å². The van der Waals surface area contributed by atoms with E-state index < -0.39 is 0 Å². The Bertz CT molecular complexity index is 842. The van der Waals surface area contributed by atoms with Crippen molar-refractivity contribution in [2.24, 2.45) is 24.8 Å². The number of ether oxygens (including phenoxy) is 1. The fourth-order valence-corrected chi connectivity index (χ4v) is 5.97. The van der Waals surface area contributed by atoms with Gasteiger partial charge in [0.25, 0.3) is 0 Å². The summed E-state index contributed by atoms with van der Waals surface area (Å²) in [5.74, 6) is 0.937. The van der Waals surface area contributed by atoms with Gasteiger partial charge in [0.05, 0.1) is 18.8 Å². The number of aromatic nitrogens is 1. The largest absolute Gasteiger partial charge is 0.377 e. The third kappa shape index (κ3) is 1.98. The number of carbonyl (C=O) groups is 1. The molecule has 2 saturated heterocycles. The molecule has 3 aliphatic heterocycles. The van der Waals surface area contributed by atoms with Crippen molar-refractivity contribution in [1.82, 2.24) is 9.47 Å². The van der Waals surface area contributed by atoms with E-state index in [1.165, 1.54) is 22.2 Å². The minimum Gasteiger partial charge on any atom is -0.377 e. The number of fused-ring (bicyclic) bond motifs is 8. The number of hydrogen-bond acceptors (Lipinski definition) is 3. The average molecular weight is 338 g/mol. The van der Waals surface area contributed by atoms with Crippen LogP contribution in [0.25, 0.3) is 10.9 Å². The summed E-state index contributed by atoms with van der Waals surface area (Å²) in [7, 11) is 4.46. The van der Waals surface area contributed by atoms with Crippen LogP contribution in [0.3, 0.4) is 0 Å². The molecule has 0 saturated carbocycles. The van der Waals surface area contributed by atoms with Crippen molar-refractivity contribution >= 4 is 17.2 Å². The summed E-state index contributed by atoms with van der Waals surface area (Å²) < 4.78 is 8.40. The number of rotatable bonds is 1. The zero-order valence-corrected chi connectivity index (χ0v) is 15.2. The Labute approximate surface area is 148 Å². The van der Waals surface area contributed by atoms with Gasteiger partial charge in [0, 0.05) is 41.5 Å². The van der Waals surface area contributed by atoms with Gasteiger partial charge < -0.3 is 14.1 Å². The Morgan fingerprint density at radius 2 is 2.00 bits per heavy atom. The Hall–Kier alpha value is -1.65. The summed E-state index contributed by atoms with van der Waals surface area (Å²) in [6, 6.07) is 9.64. The summed E-state index contributed by atoms with van der Waals surface area (Å²) in [5.41, 5.74) is 4.31. The van der Waals surface area contributed by atoms with Crippen molar-refractivity contribution in [1.29, 1.82) is 0 Å². The molecule has 2 fully saturated rings. The first-order valence-electron chi connectivity index (χ1n) is 9.46. The molecule has 4 heteroatoms. The summed E-state index contributed by atoms with van der Waals surface area (Å²) in [4.78, 5) is 14.3. The SMILES string of the molecule is CC1OC[C@@H]2[C@@H](C[C@H]3c4c(c5ccccc5n4C)C[C@@H]2N3C)C1C=O. The lowest BCUT2D eigenvalue weighted by molar-refractivity contribution is -0.150. The van der Waals surface area contributed by atoms with Crippen LogP contribution in [0, 0.1) is 17.8 Å². The average Bonchev–Trinajstić information content (AvgIpc) is 2.88. The van der Waals surface area contributed by atoms with E-state index in [1.807, 2.05) is 0 Å². The molecule has 0 aliphatic carbocycles. The maximum absolute atomic E-state index is 11.8.